The molecule has 0 saturated heterocycles. The van der Waals surface area contributed by atoms with Crippen LogP contribution in [0.4, 0.5) is 5.69 Å². The summed E-state index contributed by atoms with van der Waals surface area (Å²) in [6.07, 6.45) is 0. The van der Waals surface area contributed by atoms with Gasteiger partial charge in [-0.1, -0.05) is 103 Å². The zero-order valence-electron chi connectivity index (χ0n) is 29.5. The fourth-order valence-electron chi connectivity index (χ4n) is 8.78. The fourth-order valence-corrected chi connectivity index (χ4v) is 8.78. The molecule has 8 aromatic carbocycles. The summed E-state index contributed by atoms with van der Waals surface area (Å²) >= 11 is 0. The lowest BCUT2D eigenvalue weighted by Crippen LogP contribution is -1.99. The lowest BCUT2D eigenvalue weighted by Gasteiger charge is -2.16. The van der Waals surface area contributed by atoms with Crippen LogP contribution in [-0.4, -0.2) is 13.7 Å². The number of rotatable bonds is 4. The van der Waals surface area contributed by atoms with Crippen LogP contribution < -0.4 is 0 Å². The fraction of sp³-hybridized carbons (Fsp3) is 0. The van der Waals surface area contributed by atoms with E-state index < -0.39 is 0 Å². The third kappa shape index (κ3) is 4.45. The standard InChI is InChI=1S/C50H29N5/c1-52-34-24-26-37(49(29-34)55-46-22-9-5-18-41(46)50-33(31-51)13-11-23-48(50)55)32-12-10-14-35(28-32)53-45-21-8-4-17-40(45)42-30-36(25-27-47(42)53)54-43-19-6-2-15-38(43)39-16-3-7-20-44(39)54/h2-30H. The Balaban J connectivity index is 1.13. The van der Waals surface area contributed by atoms with Crippen LogP contribution in [0.5, 0.6) is 0 Å². The van der Waals surface area contributed by atoms with Gasteiger partial charge in [0, 0.05) is 54.9 Å². The Morgan fingerprint density at radius 2 is 0.982 bits per heavy atom. The Morgan fingerprint density at radius 3 is 1.64 bits per heavy atom. The molecule has 3 aromatic heterocycles. The molecule has 0 aliphatic heterocycles. The number of nitrogens with zero attached hydrogens (tertiary/aromatic N) is 5. The van der Waals surface area contributed by atoms with Crippen molar-refractivity contribution >= 4 is 71.1 Å². The zero-order valence-corrected chi connectivity index (χ0v) is 29.5. The van der Waals surface area contributed by atoms with Crippen LogP contribution >= 0.6 is 0 Å². The summed E-state index contributed by atoms with van der Waals surface area (Å²) in [5, 5.41) is 16.9. The van der Waals surface area contributed by atoms with Gasteiger partial charge in [0.25, 0.3) is 0 Å². The maximum Gasteiger partial charge on any atom is 0.189 e. The molecule has 254 valence electrons. The summed E-state index contributed by atoms with van der Waals surface area (Å²) < 4.78 is 6.94. The van der Waals surface area contributed by atoms with Gasteiger partial charge in [0.2, 0.25) is 0 Å². The van der Waals surface area contributed by atoms with E-state index in [0.717, 1.165) is 61.0 Å². The summed E-state index contributed by atoms with van der Waals surface area (Å²) in [5.41, 5.74) is 12.8. The van der Waals surface area contributed by atoms with Crippen LogP contribution in [0.15, 0.2) is 176 Å². The molecule has 55 heavy (non-hydrogen) atoms. The predicted octanol–water partition coefficient (Wildman–Crippen LogP) is 13.1. The predicted molar refractivity (Wildman–Crippen MR) is 226 cm³/mol. The average molecular weight is 700 g/mol. The lowest BCUT2D eigenvalue weighted by molar-refractivity contribution is 1.16. The van der Waals surface area contributed by atoms with Gasteiger partial charge in [0.15, 0.2) is 5.69 Å². The van der Waals surface area contributed by atoms with Crippen molar-refractivity contribution in [3.63, 3.8) is 0 Å². The van der Waals surface area contributed by atoms with Gasteiger partial charge in [0.05, 0.1) is 51.3 Å². The van der Waals surface area contributed by atoms with Crippen molar-refractivity contribution in [2.75, 3.05) is 0 Å². The molecule has 0 fully saturated rings. The van der Waals surface area contributed by atoms with Gasteiger partial charge in [0.1, 0.15) is 0 Å². The normalized spacial score (nSPS) is 11.6. The van der Waals surface area contributed by atoms with Crippen LogP contribution in [0.3, 0.4) is 0 Å². The van der Waals surface area contributed by atoms with Gasteiger partial charge in [-0.25, -0.2) is 4.85 Å². The minimum Gasteiger partial charge on any atom is -0.310 e. The highest BCUT2D eigenvalue weighted by Crippen LogP contribution is 2.41. The number of aromatic nitrogens is 3. The summed E-state index contributed by atoms with van der Waals surface area (Å²) in [7, 11) is 0. The Morgan fingerprint density at radius 1 is 0.436 bits per heavy atom. The molecule has 0 spiro atoms. The van der Waals surface area contributed by atoms with E-state index in [9.17, 15) is 5.26 Å². The first-order chi connectivity index (χ1) is 27.2. The molecule has 0 amide bonds. The number of hydrogen-bond acceptors (Lipinski definition) is 1. The van der Waals surface area contributed by atoms with Crippen LogP contribution in [-0.2, 0) is 0 Å². The maximum absolute atomic E-state index is 10.1. The molecule has 0 unspecified atom stereocenters. The van der Waals surface area contributed by atoms with E-state index in [4.69, 9.17) is 6.57 Å². The Hall–Kier alpha value is -7.86. The van der Waals surface area contributed by atoms with Crippen molar-refractivity contribution in [2.45, 2.75) is 0 Å². The molecule has 0 aliphatic rings. The molecule has 5 nitrogen and oxygen atoms in total. The number of benzene rings is 8. The van der Waals surface area contributed by atoms with Gasteiger partial charge in [-0.2, -0.15) is 5.26 Å². The summed E-state index contributed by atoms with van der Waals surface area (Å²) in [4.78, 5) is 3.83. The molecule has 0 saturated carbocycles. The first kappa shape index (κ1) is 30.7. The van der Waals surface area contributed by atoms with Crippen molar-refractivity contribution in [1.29, 1.82) is 5.26 Å². The van der Waals surface area contributed by atoms with E-state index in [0.29, 0.717) is 11.3 Å². The number of para-hydroxylation sites is 4. The number of fused-ring (bicyclic) bond motifs is 9. The largest absolute Gasteiger partial charge is 0.310 e. The van der Waals surface area contributed by atoms with Crippen molar-refractivity contribution in [2.24, 2.45) is 0 Å². The molecule has 5 heteroatoms. The summed E-state index contributed by atoms with van der Waals surface area (Å²) in [5.74, 6) is 0. The van der Waals surface area contributed by atoms with Crippen molar-refractivity contribution in [3.8, 4) is 34.3 Å². The lowest BCUT2D eigenvalue weighted by atomic mass is 10.0. The van der Waals surface area contributed by atoms with Gasteiger partial charge in [-0.05, 0) is 78.4 Å². The minimum atomic E-state index is 0.554. The van der Waals surface area contributed by atoms with Crippen molar-refractivity contribution in [1.82, 2.24) is 13.7 Å². The number of hydrogen-bond donors (Lipinski definition) is 0. The molecule has 0 atom stereocenters. The third-order valence-electron chi connectivity index (χ3n) is 11.1. The molecule has 0 radical (unpaired) electrons. The van der Waals surface area contributed by atoms with E-state index in [1.165, 1.54) is 32.6 Å². The molecule has 11 aromatic rings. The number of nitriles is 1. The molecule has 0 bridgehead atoms. The van der Waals surface area contributed by atoms with Crippen molar-refractivity contribution < 1.29 is 0 Å². The minimum absolute atomic E-state index is 0.554. The van der Waals surface area contributed by atoms with Crippen LogP contribution in [0.2, 0.25) is 0 Å². The molecular formula is C50H29N5. The highest BCUT2D eigenvalue weighted by atomic mass is 15.0. The Bertz CT molecular complexity index is 3420. The van der Waals surface area contributed by atoms with Crippen LogP contribution in [0.1, 0.15) is 5.56 Å². The van der Waals surface area contributed by atoms with Gasteiger partial charge in [-0.3, -0.25) is 0 Å². The molecule has 3 heterocycles. The van der Waals surface area contributed by atoms with E-state index in [1.54, 1.807) is 0 Å². The topological polar surface area (TPSA) is 42.9 Å². The van der Waals surface area contributed by atoms with Crippen molar-refractivity contribution in [3.05, 3.63) is 193 Å². The van der Waals surface area contributed by atoms with E-state index in [-0.39, 0.29) is 0 Å². The third-order valence-corrected chi connectivity index (χ3v) is 11.1. The highest BCUT2D eigenvalue weighted by molar-refractivity contribution is 6.14. The van der Waals surface area contributed by atoms with E-state index in [1.807, 2.05) is 36.4 Å². The van der Waals surface area contributed by atoms with Gasteiger partial charge < -0.3 is 13.7 Å². The van der Waals surface area contributed by atoms with Crippen LogP contribution in [0, 0.1) is 17.9 Å². The summed E-state index contributed by atoms with van der Waals surface area (Å²) in [6, 6.07) is 63.8. The van der Waals surface area contributed by atoms with E-state index in [2.05, 4.69) is 164 Å². The maximum atomic E-state index is 10.1. The van der Waals surface area contributed by atoms with Gasteiger partial charge in [-0.15, -0.1) is 0 Å². The highest BCUT2D eigenvalue weighted by Gasteiger charge is 2.20. The second kappa shape index (κ2) is 11.8. The molecule has 11 rings (SSSR count). The molecule has 0 N–H and O–H groups in total. The molecular weight excluding hydrogens is 671 g/mol. The second-order valence-electron chi connectivity index (χ2n) is 14.0. The monoisotopic (exact) mass is 699 g/mol. The zero-order chi connectivity index (χ0) is 36.6. The van der Waals surface area contributed by atoms with Crippen LogP contribution in [0.25, 0.3) is 98.5 Å². The Kier molecular flexibility index (Phi) is 6.61. The molecule has 0 aliphatic carbocycles. The SMILES string of the molecule is [C-]#[N+]c1ccc(-c2cccc(-n3c4ccccc4c4cc(-n5c6ccccc6c6ccccc65)ccc43)c2)c(-n2c3ccccc3c3c(C#N)cccc32)c1. The summed E-state index contributed by atoms with van der Waals surface area (Å²) in [6.45, 7) is 7.92. The quantitative estimate of drug-likeness (QED) is 0.169. The van der Waals surface area contributed by atoms with Gasteiger partial charge >= 0.3 is 0 Å². The smallest absolute Gasteiger partial charge is 0.189 e. The first-order valence-electron chi connectivity index (χ1n) is 18.3. The first-order valence-corrected chi connectivity index (χ1v) is 18.3. The average Bonchev–Trinajstić information content (AvgIpc) is 3.89. The Labute approximate surface area is 316 Å². The second-order valence-corrected chi connectivity index (χ2v) is 14.0. The van der Waals surface area contributed by atoms with E-state index >= 15 is 0 Å².